The summed E-state index contributed by atoms with van der Waals surface area (Å²) >= 11 is 0. The number of anilines is 1. The number of fused-ring (bicyclic) bond motifs is 1. The van der Waals surface area contributed by atoms with Crippen molar-refractivity contribution in [3.63, 3.8) is 0 Å². The lowest BCUT2D eigenvalue weighted by molar-refractivity contribution is 0.968. The van der Waals surface area contributed by atoms with Gasteiger partial charge in [-0.15, -0.1) is 5.10 Å². The van der Waals surface area contributed by atoms with Gasteiger partial charge in [0.2, 0.25) is 5.95 Å². The van der Waals surface area contributed by atoms with Crippen molar-refractivity contribution in [1.82, 2.24) is 14.6 Å². The third kappa shape index (κ3) is 1.53. The Kier molecular flexibility index (Phi) is 2.63. The molecule has 0 saturated carbocycles. The number of hydrogen-bond donors (Lipinski definition) is 1. The van der Waals surface area contributed by atoms with Crippen LogP contribution in [0, 0.1) is 0 Å². The van der Waals surface area contributed by atoms with Crippen molar-refractivity contribution in [3.05, 3.63) is 24.4 Å². The highest BCUT2D eigenvalue weighted by Crippen LogP contribution is 1.99. The summed E-state index contributed by atoms with van der Waals surface area (Å²) < 4.78 is 1.63. The quantitative estimate of drug-likeness (QED) is 0.639. The van der Waals surface area contributed by atoms with Crippen LogP contribution >= 0.6 is 0 Å². The number of rotatable bonds is 0. The van der Waals surface area contributed by atoms with E-state index in [1.165, 1.54) is 0 Å². The molecule has 2 aromatic rings. The molecule has 0 amide bonds. The highest BCUT2D eigenvalue weighted by Gasteiger charge is 1.94. The maximum atomic E-state index is 5.35. The van der Waals surface area contributed by atoms with Crippen molar-refractivity contribution in [3.8, 4) is 0 Å². The second-order valence-corrected chi connectivity index (χ2v) is 1.97. The predicted molar refractivity (Wildman–Crippen MR) is 48.7 cm³/mol. The van der Waals surface area contributed by atoms with Crippen LogP contribution in [0.15, 0.2) is 24.4 Å². The Hall–Kier alpha value is -1.58. The number of nitrogens with zero attached hydrogens (tertiary/aromatic N) is 3. The zero-order valence-corrected chi connectivity index (χ0v) is 7.23. The number of pyridine rings is 1. The van der Waals surface area contributed by atoms with Gasteiger partial charge in [-0.2, -0.15) is 4.98 Å². The Labute approximate surface area is 71.0 Å². The largest absolute Gasteiger partial charge is 0.366 e. The Morgan fingerprint density at radius 1 is 1.33 bits per heavy atom. The van der Waals surface area contributed by atoms with Crippen LogP contribution in [0.2, 0.25) is 0 Å². The summed E-state index contributed by atoms with van der Waals surface area (Å²) in [5, 5.41) is 3.90. The molecule has 0 fully saturated rings. The van der Waals surface area contributed by atoms with E-state index in [9.17, 15) is 0 Å². The summed E-state index contributed by atoms with van der Waals surface area (Å²) in [6.45, 7) is 4.00. The lowest BCUT2D eigenvalue weighted by Gasteiger charge is -1.84. The first kappa shape index (κ1) is 8.52. The summed E-state index contributed by atoms with van der Waals surface area (Å²) in [7, 11) is 0. The Morgan fingerprint density at radius 2 is 2.08 bits per heavy atom. The van der Waals surface area contributed by atoms with Gasteiger partial charge in [-0.3, -0.25) is 0 Å². The molecule has 0 aliphatic carbocycles. The molecule has 0 spiro atoms. The van der Waals surface area contributed by atoms with Crippen LogP contribution in [0.1, 0.15) is 13.8 Å². The minimum Gasteiger partial charge on any atom is -0.366 e. The van der Waals surface area contributed by atoms with Crippen molar-refractivity contribution in [2.45, 2.75) is 13.8 Å². The van der Waals surface area contributed by atoms with Gasteiger partial charge >= 0.3 is 0 Å². The molecule has 4 heteroatoms. The maximum Gasteiger partial charge on any atom is 0.240 e. The van der Waals surface area contributed by atoms with Crippen molar-refractivity contribution in [2.24, 2.45) is 0 Å². The lowest BCUT2D eigenvalue weighted by atomic mass is 10.5. The Bertz CT molecular complexity index is 320. The average Bonchev–Trinajstić information content (AvgIpc) is 2.48. The van der Waals surface area contributed by atoms with E-state index in [4.69, 9.17) is 5.73 Å². The molecule has 2 rings (SSSR count). The SMILES string of the molecule is CC.Nc1nc2ccccn2n1. The summed E-state index contributed by atoms with van der Waals surface area (Å²) in [5.74, 6) is 0.311. The first-order valence-corrected chi connectivity index (χ1v) is 3.93. The van der Waals surface area contributed by atoms with E-state index in [-0.39, 0.29) is 0 Å². The minimum absolute atomic E-state index is 0.311. The average molecular weight is 164 g/mol. The number of aromatic nitrogens is 3. The summed E-state index contributed by atoms with van der Waals surface area (Å²) in [6.07, 6.45) is 1.80. The zero-order valence-electron chi connectivity index (χ0n) is 7.23. The minimum atomic E-state index is 0.311. The highest BCUT2D eigenvalue weighted by molar-refractivity contribution is 5.40. The van der Waals surface area contributed by atoms with Crippen LogP contribution in [0.4, 0.5) is 5.95 Å². The molecular formula is C8H12N4. The molecule has 12 heavy (non-hydrogen) atoms. The van der Waals surface area contributed by atoms with Crippen LogP contribution in [0.5, 0.6) is 0 Å². The molecule has 0 aliphatic heterocycles. The van der Waals surface area contributed by atoms with Crippen molar-refractivity contribution in [2.75, 3.05) is 5.73 Å². The second-order valence-electron chi connectivity index (χ2n) is 1.97. The van der Waals surface area contributed by atoms with Crippen LogP contribution in [-0.4, -0.2) is 14.6 Å². The smallest absolute Gasteiger partial charge is 0.240 e. The molecule has 0 aliphatic rings. The van der Waals surface area contributed by atoms with Crippen molar-refractivity contribution < 1.29 is 0 Å². The fourth-order valence-electron chi connectivity index (χ4n) is 0.849. The molecule has 64 valence electrons. The molecule has 0 radical (unpaired) electrons. The molecule has 2 N–H and O–H groups in total. The van der Waals surface area contributed by atoms with Gasteiger partial charge < -0.3 is 5.73 Å². The van der Waals surface area contributed by atoms with E-state index in [1.807, 2.05) is 32.0 Å². The van der Waals surface area contributed by atoms with Gasteiger partial charge in [-0.05, 0) is 12.1 Å². The molecule has 0 aromatic carbocycles. The van der Waals surface area contributed by atoms with Crippen LogP contribution in [0.25, 0.3) is 5.65 Å². The van der Waals surface area contributed by atoms with Gasteiger partial charge in [-0.1, -0.05) is 19.9 Å². The number of nitrogens with two attached hydrogens (primary N) is 1. The predicted octanol–water partition coefficient (Wildman–Crippen LogP) is 1.34. The third-order valence-electron chi connectivity index (χ3n) is 1.26. The number of nitrogen functional groups attached to an aromatic ring is 1. The van der Waals surface area contributed by atoms with Gasteiger partial charge in [0.1, 0.15) is 0 Å². The van der Waals surface area contributed by atoms with Gasteiger partial charge in [0, 0.05) is 6.20 Å². The standard InChI is InChI=1S/C6H6N4.C2H6/c7-6-8-5-3-1-2-4-10(5)9-6;1-2/h1-4H,(H2,7,9);1-2H3. The van der Waals surface area contributed by atoms with E-state index in [1.54, 1.807) is 10.7 Å². The first-order valence-electron chi connectivity index (χ1n) is 3.93. The van der Waals surface area contributed by atoms with Gasteiger partial charge in [0.25, 0.3) is 0 Å². The zero-order chi connectivity index (χ0) is 8.97. The van der Waals surface area contributed by atoms with Gasteiger partial charge in [0.15, 0.2) is 5.65 Å². The Morgan fingerprint density at radius 3 is 2.75 bits per heavy atom. The molecule has 4 nitrogen and oxygen atoms in total. The molecule has 0 atom stereocenters. The third-order valence-corrected chi connectivity index (χ3v) is 1.26. The normalized spacial score (nSPS) is 9.17. The summed E-state index contributed by atoms with van der Waals surface area (Å²) in [5.41, 5.74) is 6.13. The fourth-order valence-corrected chi connectivity index (χ4v) is 0.849. The molecule has 0 unspecified atom stereocenters. The van der Waals surface area contributed by atoms with E-state index in [2.05, 4.69) is 10.1 Å². The molecule has 2 aromatic heterocycles. The van der Waals surface area contributed by atoms with Gasteiger partial charge in [0.05, 0.1) is 0 Å². The number of hydrogen-bond acceptors (Lipinski definition) is 3. The van der Waals surface area contributed by atoms with Crippen LogP contribution in [-0.2, 0) is 0 Å². The van der Waals surface area contributed by atoms with Gasteiger partial charge in [-0.25, -0.2) is 4.52 Å². The summed E-state index contributed by atoms with van der Waals surface area (Å²) in [4.78, 5) is 3.94. The van der Waals surface area contributed by atoms with Crippen LogP contribution in [0.3, 0.4) is 0 Å². The topological polar surface area (TPSA) is 56.2 Å². The lowest BCUT2D eigenvalue weighted by Crippen LogP contribution is -1.87. The monoisotopic (exact) mass is 164 g/mol. The highest BCUT2D eigenvalue weighted by atomic mass is 15.3. The summed E-state index contributed by atoms with van der Waals surface area (Å²) in [6, 6.07) is 5.62. The maximum absolute atomic E-state index is 5.35. The first-order chi connectivity index (χ1) is 5.86. The van der Waals surface area contributed by atoms with E-state index in [0.717, 1.165) is 5.65 Å². The van der Waals surface area contributed by atoms with Crippen LogP contribution < -0.4 is 5.73 Å². The van der Waals surface area contributed by atoms with Crippen molar-refractivity contribution in [1.29, 1.82) is 0 Å². The molecule has 0 bridgehead atoms. The van der Waals surface area contributed by atoms with Crippen molar-refractivity contribution >= 4 is 11.6 Å². The van der Waals surface area contributed by atoms with E-state index in [0.29, 0.717) is 5.95 Å². The fraction of sp³-hybridized carbons (Fsp3) is 0.250. The second kappa shape index (κ2) is 3.71. The van der Waals surface area contributed by atoms with E-state index < -0.39 is 0 Å². The molecular weight excluding hydrogens is 152 g/mol. The Balaban J connectivity index is 0.000000336. The molecule has 0 saturated heterocycles. The van der Waals surface area contributed by atoms with E-state index >= 15 is 0 Å². The molecule has 2 heterocycles.